The van der Waals surface area contributed by atoms with Gasteiger partial charge in [0.1, 0.15) is 0 Å². The highest BCUT2D eigenvalue weighted by Gasteiger charge is 2.32. The Morgan fingerprint density at radius 1 is 1.42 bits per heavy atom. The largest absolute Gasteiger partial charge is 0.371 e. The molecule has 0 spiro atoms. The molecular weight excluding hydrogens is 260 g/mol. The summed E-state index contributed by atoms with van der Waals surface area (Å²) >= 11 is 1.94. The van der Waals surface area contributed by atoms with Crippen molar-refractivity contribution >= 4 is 17.8 Å². The minimum absolute atomic E-state index is 0.0259. The maximum atomic E-state index is 12.2. The molecule has 0 radical (unpaired) electrons. The van der Waals surface area contributed by atoms with Crippen molar-refractivity contribution in [2.45, 2.75) is 57.8 Å². The molecule has 2 heterocycles. The predicted octanol–water partition coefficient (Wildman–Crippen LogP) is 2.48. The van der Waals surface area contributed by atoms with Crippen LogP contribution in [0.25, 0.3) is 0 Å². The fourth-order valence-electron chi connectivity index (χ4n) is 2.72. The number of hydrogen-bond donors (Lipinski definition) is 1. The van der Waals surface area contributed by atoms with Crippen molar-refractivity contribution in [3.8, 4) is 0 Å². The van der Waals surface area contributed by atoms with Gasteiger partial charge in [0, 0.05) is 24.9 Å². The summed E-state index contributed by atoms with van der Waals surface area (Å²) < 4.78 is 5.90. The van der Waals surface area contributed by atoms with Crippen molar-refractivity contribution in [1.82, 2.24) is 10.2 Å². The van der Waals surface area contributed by atoms with Crippen molar-refractivity contribution in [3.05, 3.63) is 0 Å². The van der Waals surface area contributed by atoms with Crippen LogP contribution in [-0.2, 0) is 4.74 Å². The van der Waals surface area contributed by atoms with Gasteiger partial charge in [0.15, 0.2) is 0 Å². The molecule has 0 saturated carbocycles. The molecule has 0 aromatic heterocycles. The monoisotopic (exact) mass is 286 g/mol. The quantitative estimate of drug-likeness (QED) is 0.848. The van der Waals surface area contributed by atoms with Crippen LogP contribution < -0.4 is 5.32 Å². The van der Waals surface area contributed by atoms with Crippen LogP contribution in [-0.4, -0.2) is 53.3 Å². The molecule has 2 amide bonds. The molecule has 0 bridgehead atoms. The number of nitrogens with zero attached hydrogens (tertiary/aromatic N) is 1. The second kappa shape index (κ2) is 6.35. The Kier molecular flexibility index (Phi) is 5.01. The lowest BCUT2D eigenvalue weighted by Gasteiger charge is -2.28. The van der Waals surface area contributed by atoms with Gasteiger partial charge in [-0.2, -0.15) is 11.8 Å². The summed E-state index contributed by atoms with van der Waals surface area (Å²) in [6.07, 6.45) is 3.38. The van der Waals surface area contributed by atoms with Crippen molar-refractivity contribution in [2.75, 3.05) is 24.6 Å². The van der Waals surface area contributed by atoms with Gasteiger partial charge in [-0.15, -0.1) is 0 Å². The lowest BCUT2D eigenvalue weighted by Crippen LogP contribution is -2.47. The van der Waals surface area contributed by atoms with Crippen LogP contribution in [0.4, 0.5) is 4.79 Å². The van der Waals surface area contributed by atoms with Crippen molar-refractivity contribution in [1.29, 1.82) is 0 Å². The number of carbonyl (C=O) groups excluding carboxylic acids is 1. The van der Waals surface area contributed by atoms with E-state index >= 15 is 0 Å². The van der Waals surface area contributed by atoms with Crippen LogP contribution in [0, 0.1) is 0 Å². The van der Waals surface area contributed by atoms with Crippen LogP contribution >= 0.6 is 11.8 Å². The zero-order valence-corrected chi connectivity index (χ0v) is 13.1. The van der Waals surface area contributed by atoms with E-state index in [1.807, 2.05) is 16.7 Å². The Labute approximate surface area is 120 Å². The van der Waals surface area contributed by atoms with Crippen molar-refractivity contribution < 1.29 is 9.53 Å². The highest BCUT2D eigenvalue weighted by molar-refractivity contribution is 7.99. The zero-order valence-electron chi connectivity index (χ0n) is 12.3. The molecule has 2 saturated heterocycles. The first-order valence-corrected chi connectivity index (χ1v) is 8.43. The minimum Gasteiger partial charge on any atom is -0.371 e. The molecule has 0 aliphatic carbocycles. The fraction of sp³-hybridized carbons (Fsp3) is 0.929. The van der Waals surface area contributed by atoms with E-state index < -0.39 is 0 Å². The van der Waals surface area contributed by atoms with E-state index in [9.17, 15) is 4.79 Å². The first-order chi connectivity index (χ1) is 8.98. The van der Waals surface area contributed by atoms with E-state index in [0.29, 0.717) is 12.6 Å². The first kappa shape index (κ1) is 15.0. The molecule has 5 heteroatoms. The van der Waals surface area contributed by atoms with Crippen LogP contribution in [0.5, 0.6) is 0 Å². The molecule has 19 heavy (non-hydrogen) atoms. The van der Waals surface area contributed by atoms with E-state index in [4.69, 9.17) is 4.74 Å². The SMILES string of the molecule is C[C@@H]1CCSCCN1C(=O)NC[C@H]1CCC(C)(C)O1. The van der Waals surface area contributed by atoms with Crippen LogP contribution in [0.15, 0.2) is 0 Å². The second-order valence-corrected chi connectivity index (χ2v) is 7.39. The summed E-state index contributed by atoms with van der Waals surface area (Å²) in [5.74, 6) is 2.20. The van der Waals surface area contributed by atoms with Gasteiger partial charge < -0.3 is 15.0 Å². The van der Waals surface area contributed by atoms with Gasteiger partial charge in [0.25, 0.3) is 0 Å². The molecule has 4 nitrogen and oxygen atoms in total. The third kappa shape index (κ3) is 4.28. The molecular formula is C14H26N2O2S. The molecule has 2 fully saturated rings. The topological polar surface area (TPSA) is 41.6 Å². The smallest absolute Gasteiger partial charge is 0.317 e. The molecule has 1 N–H and O–H groups in total. The Balaban J connectivity index is 1.77. The van der Waals surface area contributed by atoms with Crippen LogP contribution in [0.3, 0.4) is 0 Å². The van der Waals surface area contributed by atoms with Gasteiger partial charge in [0.2, 0.25) is 0 Å². The molecule has 0 aromatic carbocycles. The first-order valence-electron chi connectivity index (χ1n) is 7.28. The van der Waals surface area contributed by atoms with E-state index in [2.05, 4.69) is 26.1 Å². The van der Waals surface area contributed by atoms with Crippen LogP contribution in [0.1, 0.15) is 40.0 Å². The van der Waals surface area contributed by atoms with Crippen LogP contribution in [0.2, 0.25) is 0 Å². The normalized spacial score (nSPS) is 31.0. The minimum atomic E-state index is -0.0259. The lowest BCUT2D eigenvalue weighted by atomic mass is 10.1. The lowest BCUT2D eigenvalue weighted by molar-refractivity contribution is -0.0136. The predicted molar refractivity (Wildman–Crippen MR) is 79.7 cm³/mol. The summed E-state index contributed by atoms with van der Waals surface area (Å²) in [4.78, 5) is 14.2. The summed E-state index contributed by atoms with van der Waals surface area (Å²) in [6.45, 7) is 7.86. The second-order valence-electron chi connectivity index (χ2n) is 6.17. The number of nitrogens with one attached hydrogen (secondary N) is 1. The molecule has 0 unspecified atom stereocenters. The third-order valence-electron chi connectivity index (χ3n) is 3.98. The van der Waals surface area contributed by atoms with E-state index in [-0.39, 0.29) is 17.7 Å². The number of urea groups is 1. The van der Waals surface area contributed by atoms with Gasteiger partial charge in [-0.05, 0) is 45.8 Å². The summed E-state index contributed by atoms with van der Waals surface area (Å²) in [5, 5.41) is 3.04. The molecule has 2 rings (SSSR count). The Hall–Kier alpha value is -0.420. The standard InChI is InChI=1S/C14H26N2O2S/c1-11-5-8-19-9-7-16(11)13(17)15-10-12-4-6-14(2,3)18-12/h11-12H,4-10H2,1-3H3,(H,15,17)/t11-,12-/m1/s1. The maximum absolute atomic E-state index is 12.2. The Bertz CT molecular complexity index is 323. The Morgan fingerprint density at radius 3 is 2.89 bits per heavy atom. The van der Waals surface area contributed by atoms with Crippen molar-refractivity contribution in [2.24, 2.45) is 0 Å². The average Bonchev–Trinajstić information content (AvgIpc) is 2.56. The number of amides is 2. The highest BCUT2D eigenvalue weighted by atomic mass is 32.2. The Morgan fingerprint density at radius 2 is 2.21 bits per heavy atom. The molecule has 2 atom stereocenters. The molecule has 110 valence electrons. The number of carbonyl (C=O) groups is 1. The summed E-state index contributed by atoms with van der Waals surface area (Å²) in [5.41, 5.74) is -0.0259. The molecule has 0 aromatic rings. The zero-order chi connectivity index (χ0) is 13.9. The van der Waals surface area contributed by atoms with Gasteiger partial charge >= 0.3 is 6.03 Å². The van der Waals surface area contributed by atoms with Gasteiger partial charge in [-0.3, -0.25) is 0 Å². The molecule has 2 aliphatic heterocycles. The summed E-state index contributed by atoms with van der Waals surface area (Å²) in [6, 6.07) is 0.416. The van der Waals surface area contributed by atoms with Gasteiger partial charge in [0.05, 0.1) is 11.7 Å². The number of rotatable bonds is 2. The fourth-order valence-corrected chi connectivity index (χ4v) is 3.76. The van der Waals surface area contributed by atoms with E-state index in [1.165, 1.54) is 0 Å². The van der Waals surface area contributed by atoms with Gasteiger partial charge in [-0.1, -0.05) is 0 Å². The maximum Gasteiger partial charge on any atom is 0.317 e. The van der Waals surface area contributed by atoms with E-state index in [0.717, 1.165) is 37.3 Å². The number of hydrogen-bond acceptors (Lipinski definition) is 3. The number of thioether (sulfide) groups is 1. The molecule has 2 aliphatic rings. The summed E-state index contributed by atoms with van der Waals surface area (Å²) in [7, 11) is 0. The van der Waals surface area contributed by atoms with E-state index in [1.54, 1.807) is 0 Å². The number of ether oxygens (including phenoxy) is 1. The van der Waals surface area contributed by atoms with Crippen molar-refractivity contribution in [3.63, 3.8) is 0 Å². The average molecular weight is 286 g/mol. The van der Waals surface area contributed by atoms with Gasteiger partial charge in [-0.25, -0.2) is 4.79 Å². The highest BCUT2D eigenvalue weighted by Crippen LogP contribution is 2.28. The third-order valence-corrected chi connectivity index (χ3v) is 4.98.